The third-order valence-corrected chi connectivity index (χ3v) is 1.98. The third kappa shape index (κ3) is 2.06. The molecule has 1 aromatic heterocycles. The second-order valence-electron chi connectivity index (χ2n) is 2.33. The highest BCUT2D eigenvalue weighted by molar-refractivity contribution is 7.05. The van der Waals surface area contributed by atoms with Crippen LogP contribution in [0.25, 0.3) is 0 Å². The molecule has 1 heterocycles. The molecule has 0 saturated heterocycles. The van der Waals surface area contributed by atoms with Crippen LogP contribution in [-0.4, -0.2) is 9.36 Å². The maximum Gasteiger partial charge on any atom is 0.142 e. The number of nitrogens with zero attached hydrogens (tertiary/aromatic N) is 2. The third-order valence-electron chi connectivity index (χ3n) is 1.32. The molecule has 0 aliphatic carbocycles. The summed E-state index contributed by atoms with van der Waals surface area (Å²) in [6, 6.07) is 0. The van der Waals surface area contributed by atoms with Crippen molar-refractivity contribution in [3.8, 4) is 0 Å². The molecular formula is C7H12N2S. The van der Waals surface area contributed by atoms with Crippen LogP contribution in [0.1, 0.15) is 30.6 Å². The molecule has 0 N–H and O–H groups in total. The zero-order valence-electron chi connectivity index (χ0n) is 6.42. The van der Waals surface area contributed by atoms with Crippen LogP contribution in [0.3, 0.4) is 0 Å². The summed E-state index contributed by atoms with van der Waals surface area (Å²) in [7, 11) is 0. The first-order valence-corrected chi connectivity index (χ1v) is 4.39. The van der Waals surface area contributed by atoms with Crippen LogP contribution >= 0.6 is 11.5 Å². The van der Waals surface area contributed by atoms with Crippen LogP contribution in [0.5, 0.6) is 0 Å². The predicted molar refractivity (Wildman–Crippen MR) is 43.3 cm³/mol. The lowest BCUT2D eigenvalue weighted by molar-refractivity contribution is 0.763. The summed E-state index contributed by atoms with van der Waals surface area (Å²) in [5.41, 5.74) is 0. The Morgan fingerprint density at radius 3 is 2.80 bits per heavy atom. The van der Waals surface area contributed by atoms with Crippen LogP contribution in [-0.2, 0) is 6.42 Å². The van der Waals surface area contributed by atoms with Crippen LogP contribution in [0.2, 0.25) is 0 Å². The second-order valence-corrected chi connectivity index (χ2v) is 3.29. The van der Waals surface area contributed by atoms with Gasteiger partial charge in [0.05, 0.1) is 0 Å². The fraction of sp³-hybridized carbons (Fsp3) is 0.714. The Bertz CT molecular complexity index is 195. The zero-order chi connectivity index (χ0) is 7.40. The van der Waals surface area contributed by atoms with Gasteiger partial charge in [-0.05, 0) is 24.9 Å². The van der Waals surface area contributed by atoms with Gasteiger partial charge in [0.1, 0.15) is 10.8 Å². The van der Waals surface area contributed by atoms with E-state index in [0.717, 1.165) is 17.3 Å². The molecule has 1 aromatic rings. The maximum absolute atomic E-state index is 4.26. The minimum Gasteiger partial charge on any atom is -0.225 e. The molecular weight excluding hydrogens is 144 g/mol. The highest BCUT2D eigenvalue weighted by Crippen LogP contribution is 2.04. The second kappa shape index (κ2) is 3.66. The van der Waals surface area contributed by atoms with Gasteiger partial charge in [-0.25, -0.2) is 4.98 Å². The van der Waals surface area contributed by atoms with Gasteiger partial charge in [0, 0.05) is 6.42 Å². The molecule has 0 atom stereocenters. The molecule has 0 saturated carbocycles. The van der Waals surface area contributed by atoms with Gasteiger partial charge >= 0.3 is 0 Å². The van der Waals surface area contributed by atoms with Crippen LogP contribution in [0, 0.1) is 6.92 Å². The lowest BCUT2D eigenvalue weighted by Crippen LogP contribution is -1.86. The number of hydrogen-bond donors (Lipinski definition) is 0. The van der Waals surface area contributed by atoms with E-state index in [4.69, 9.17) is 0 Å². The van der Waals surface area contributed by atoms with Crippen molar-refractivity contribution in [3.05, 3.63) is 10.8 Å². The van der Waals surface area contributed by atoms with E-state index in [2.05, 4.69) is 16.3 Å². The largest absolute Gasteiger partial charge is 0.225 e. The fourth-order valence-electron chi connectivity index (χ4n) is 0.778. The van der Waals surface area contributed by atoms with E-state index >= 15 is 0 Å². The van der Waals surface area contributed by atoms with Gasteiger partial charge in [-0.1, -0.05) is 13.3 Å². The molecule has 0 unspecified atom stereocenters. The van der Waals surface area contributed by atoms with E-state index in [-0.39, 0.29) is 0 Å². The lowest BCUT2D eigenvalue weighted by atomic mass is 10.2. The SMILES string of the molecule is CCCCc1nsc(C)n1. The Morgan fingerprint density at radius 2 is 2.30 bits per heavy atom. The lowest BCUT2D eigenvalue weighted by Gasteiger charge is -1.88. The van der Waals surface area contributed by atoms with E-state index in [1.54, 1.807) is 0 Å². The zero-order valence-corrected chi connectivity index (χ0v) is 7.24. The van der Waals surface area contributed by atoms with Gasteiger partial charge in [0.25, 0.3) is 0 Å². The van der Waals surface area contributed by atoms with Gasteiger partial charge < -0.3 is 0 Å². The first-order chi connectivity index (χ1) is 4.83. The topological polar surface area (TPSA) is 25.8 Å². The molecule has 1 rings (SSSR count). The van der Waals surface area contributed by atoms with Gasteiger partial charge in [-0.2, -0.15) is 4.37 Å². The van der Waals surface area contributed by atoms with Crippen LogP contribution in [0.4, 0.5) is 0 Å². The van der Waals surface area contributed by atoms with Gasteiger partial charge in [0.2, 0.25) is 0 Å². The Morgan fingerprint density at radius 1 is 1.50 bits per heavy atom. The minimum absolute atomic E-state index is 1.02. The number of unbranched alkanes of at least 4 members (excludes halogenated alkanes) is 1. The highest BCUT2D eigenvalue weighted by Gasteiger charge is 1.97. The van der Waals surface area contributed by atoms with E-state index < -0.39 is 0 Å². The average Bonchev–Trinajstić information content (AvgIpc) is 2.31. The molecule has 0 spiro atoms. The normalized spacial score (nSPS) is 10.2. The van der Waals surface area contributed by atoms with Gasteiger partial charge in [-0.3, -0.25) is 0 Å². The minimum atomic E-state index is 1.02. The van der Waals surface area contributed by atoms with Crippen LogP contribution in [0.15, 0.2) is 0 Å². The molecule has 0 aromatic carbocycles. The first-order valence-electron chi connectivity index (χ1n) is 3.62. The molecule has 0 bridgehead atoms. The maximum atomic E-state index is 4.26. The predicted octanol–water partition coefficient (Wildman–Crippen LogP) is 2.19. The number of hydrogen-bond acceptors (Lipinski definition) is 3. The molecule has 10 heavy (non-hydrogen) atoms. The Hall–Kier alpha value is -0.440. The Kier molecular flexibility index (Phi) is 2.81. The smallest absolute Gasteiger partial charge is 0.142 e. The Balaban J connectivity index is 2.42. The molecule has 0 amide bonds. The van der Waals surface area contributed by atoms with Crippen molar-refractivity contribution in [1.82, 2.24) is 9.36 Å². The van der Waals surface area contributed by atoms with Gasteiger partial charge in [0.15, 0.2) is 0 Å². The molecule has 3 heteroatoms. The van der Waals surface area contributed by atoms with Crippen molar-refractivity contribution in [3.63, 3.8) is 0 Å². The van der Waals surface area contributed by atoms with E-state index in [1.807, 2.05) is 6.92 Å². The molecule has 56 valence electrons. The van der Waals surface area contributed by atoms with E-state index in [1.165, 1.54) is 24.4 Å². The molecule has 0 aliphatic rings. The number of rotatable bonds is 3. The van der Waals surface area contributed by atoms with Crippen molar-refractivity contribution in [1.29, 1.82) is 0 Å². The molecule has 0 fully saturated rings. The summed E-state index contributed by atoms with van der Waals surface area (Å²) < 4.78 is 4.18. The van der Waals surface area contributed by atoms with Crippen LogP contribution < -0.4 is 0 Å². The first kappa shape index (κ1) is 7.66. The summed E-state index contributed by atoms with van der Waals surface area (Å²) in [5.74, 6) is 1.02. The summed E-state index contributed by atoms with van der Waals surface area (Å²) >= 11 is 1.49. The van der Waals surface area contributed by atoms with Gasteiger partial charge in [-0.15, -0.1) is 0 Å². The summed E-state index contributed by atoms with van der Waals surface area (Å²) in [6.45, 7) is 4.17. The van der Waals surface area contributed by atoms with E-state index in [0.29, 0.717) is 0 Å². The molecule has 2 nitrogen and oxygen atoms in total. The number of aromatic nitrogens is 2. The summed E-state index contributed by atoms with van der Waals surface area (Å²) in [4.78, 5) is 4.26. The average molecular weight is 156 g/mol. The van der Waals surface area contributed by atoms with Crippen molar-refractivity contribution in [2.45, 2.75) is 33.1 Å². The monoisotopic (exact) mass is 156 g/mol. The quantitative estimate of drug-likeness (QED) is 0.670. The van der Waals surface area contributed by atoms with E-state index in [9.17, 15) is 0 Å². The van der Waals surface area contributed by atoms with Crippen molar-refractivity contribution in [2.75, 3.05) is 0 Å². The summed E-state index contributed by atoms with van der Waals surface area (Å²) in [6.07, 6.45) is 3.47. The summed E-state index contributed by atoms with van der Waals surface area (Å²) in [5, 5.41) is 1.08. The number of aryl methyl sites for hydroxylation is 2. The Labute approximate surface area is 65.5 Å². The van der Waals surface area contributed by atoms with Crippen molar-refractivity contribution >= 4 is 11.5 Å². The molecule has 0 radical (unpaired) electrons. The van der Waals surface area contributed by atoms with Crippen molar-refractivity contribution < 1.29 is 0 Å². The standard InChI is InChI=1S/C7H12N2S/c1-3-4-5-7-8-6(2)10-9-7/h3-5H2,1-2H3. The highest BCUT2D eigenvalue weighted by atomic mass is 32.1. The fourth-order valence-corrected chi connectivity index (χ4v) is 1.29. The molecule has 0 aliphatic heterocycles. The van der Waals surface area contributed by atoms with Crippen molar-refractivity contribution in [2.24, 2.45) is 0 Å².